The van der Waals surface area contributed by atoms with Crippen molar-refractivity contribution in [3.63, 3.8) is 0 Å². The summed E-state index contributed by atoms with van der Waals surface area (Å²) in [5.74, 6) is 0.127. The van der Waals surface area contributed by atoms with Gasteiger partial charge in [-0.05, 0) is 47.4 Å². The van der Waals surface area contributed by atoms with E-state index in [1.165, 1.54) is 0 Å². The van der Waals surface area contributed by atoms with Crippen LogP contribution in [0.5, 0.6) is 5.88 Å². The van der Waals surface area contributed by atoms with E-state index in [1.807, 2.05) is 37.3 Å². The van der Waals surface area contributed by atoms with Crippen LogP contribution in [0.4, 0.5) is 4.79 Å². The molecule has 0 spiro atoms. The first-order chi connectivity index (χ1) is 15.0. The molecule has 1 heterocycles. The molecule has 0 fully saturated rings. The third-order valence-electron chi connectivity index (χ3n) is 4.67. The van der Waals surface area contributed by atoms with E-state index in [9.17, 15) is 9.59 Å². The SMILES string of the molecule is COc1ccc(C(NC(=O)NNC(=O)Cc2ccc(Cl)cc2)c2ccccc2C)cn1. The van der Waals surface area contributed by atoms with E-state index in [0.29, 0.717) is 10.9 Å². The molecule has 0 radical (unpaired) electrons. The molecule has 3 N–H and O–H groups in total. The van der Waals surface area contributed by atoms with Crippen molar-refractivity contribution in [2.45, 2.75) is 19.4 Å². The minimum Gasteiger partial charge on any atom is -0.481 e. The summed E-state index contributed by atoms with van der Waals surface area (Å²) >= 11 is 5.85. The molecule has 3 amide bonds. The van der Waals surface area contributed by atoms with Gasteiger partial charge in [-0.1, -0.05) is 48.0 Å². The van der Waals surface area contributed by atoms with Crippen LogP contribution < -0.4 is 20.9 Å². The first kappa shape index (κ1) is 22.1. The number of halogens is 1. The van der Waals surface area contributed by atoms with E-state index in [4.69, 9.17) is 16.3 Å². The van der Waals surface area contributed by atoms with E-state index in [0.717, 1.165) is 22.3 Å². The van der Waals surface area contributed by atoms with Gasteiger partial charge in [-0.2, -0.15) is 0 Å². The van der Waals surface area contributed by atoms with Crippen LogP contribution >= 0.6 is 11.6 Å². The molecule has 0 bridgehead atoms. The number of amides is 3. The van der Waals surface area contributed by atoms with Crippen molar-refractivity contribution in [2.75, 3.05) is 7.11 Å². The molecule has 31 heavy (non-hydrogen) atoms. The van der Waals surface area contributed by atoms with Gasteiger partial charge in [-0.3, -0.25) is 10.2 Å². The average Bonchev–Trinajstić information content (AvgIpc) is 2.78. The maximum atomic E-state index is 12.5. The highest BCUT2D eigenvalue weighted by Crippen LogP contribution is 2.25. The summed E-state index contributed by atoms with van der Waals surface area (Å²) < 4.78 is 5.11. The van der Waals surface area contributed by atoms with Gasteiger partial charge in [0.25, 0.3) is 0 Å². The largest absolute Gasteiger partial charge is 0.481 e. The number of benzene rings is 2. The fraction of sp³-hybridized carbons (Fsp3) is 0.174. The molecule has 0 aliphatic carbocycles. The molecule has 0 aliphatic rings. The quantitative estimate of drug-likeness (QED) is 0.511. The second kappa shape index (κ2) is 10.4. The van der Waals surface area contributed by atoms with Gasteiger partial charge in [0.05, 0.1) is 19.6 Å². The van der Waals surface area contributed by atoms with Crippen LogP contribution in [-0.2, 0) is 11.2 Å². The van der Waals surface area contributed by atoms with E-state index in [2.05, 4.69) is 21.2 Å². The van der Waals surface area contributed by atoms with Crippen LogP contribution in [0.15, 0.2) is 66.9 Å². The predicted molar refractivity (Wildman–Crippen MR) is 119 cm³/mol. The Bertz CT molecular complexity index is 1040. The zero-order chi connectivity index (χ0) is 22.2. The van der Waals surface area contributed by atoms with Crippen LogP contribution in [0.25, 0.3) is 0 Å². The Labute approximate surface area is 185 Å². The third kappa shape index (κ3) is 6.20. The van der Waals surface area contributed by atoms with Gasteiger partial charge >= 0.3 is 6.03 Å². The monoisotopic (exact) mass is 438 g/mol. The van der Waals surface area contributed by atoms with Gasteiger partial charge in [0.2, 0.25) is 11.8 Å². The number of hydrogen-bond acceptors (Lipinski definition) is 4. The molecule has 0 saturated heterocycles. The van der Waals surface area contributed by atoms with Crippen LogP contribution in [0.1, 0.15) is 28.3 Å². The molecule has 7 nitrogen and oxygen atoms in total. The van der Waals surface area contributed by atoms with Crippen molar-refractivity contribution in [3.05, 3.63) is 94.1 Å². The topological polar surface area (TPSA) is 92.4 Å². The molecule has 0 saturated carbocycles. The maximum absolute atomic E-state index is 12.5. The van der Waals surface area contributed by atoms with E-state index in [-0.39, 0.29) is 12.3 Å². The van der Waals surface area contributed by atoms with Crippen LogP contribution in [0.2, 0.25) is 5.02 Å². The highest BCUT2D eigenvalue weighted by atomic mass is 35.5. The number of nitrogens with one attached hydrogen (secondary N) is 3. The Morgan fingerprint density at radius 1 is 1.03 bits per heavy atom. The molecule has 1 atom stereocenters. The van der Waals surface area contributed by atoms with Gasteiger partial charge in [0.1, 0.15) is 0 Å². The van der Waals surface area contributed by atoms with Crippen molar-refractivity contribution >= 4 is 23.5 Å². The van der Waals surface area contributed by atoms with Crippen molar-refractivity contribution in [1.29, 1.82) is 0 Å². The molecule has 160 valence electrons. The summed E-state index contributed by atoms with van der Waals surface area (Å²) in [7, 11) is 1.54. The molecular weight excluding hydrogens is 416 g/mol. The van der Waals surface area contributed by atoms with Crippen molar-refractivity contribution in [2.24, 2.45) is 0 Å². The third-order valence-corrected chi connectivity index (χ3v) is 4.92. The van der Waals surface area contributed by atoms with Crippen LogP contribution in [0.3, 0.4) is 0 Å². The molecule has 1 unspecified atom stereocenters. The first-order valence-corrected chi connectivity index (χ1v) is 9.99. The summed E-state index contributed by atoms with van der Waals surface area (Å²) in [5.41, 5.74) is 8.31. The average molecular weight is 439 g/mol. The molecule has 3 aromatic rings. The highest BCUT2D eigenvalue weighted by molar-refractivity contribution is 6.30. The van der Waals surface area contributed by atoms with Gasteiger partial charge in [-0.25, -0.2) is 15.2 Å². The number of nitrogens with zero attached hydrogens (tertiary/aromatic N) is 1. The van der Waals surface area contributed by atoms with Gasteiger partial charge in [0.15, 0.2) is 0 Å². The summed E-state index contributed by atoms with van der Waals surface area (Å²) in [6, 6.07) is 17.2. The fourth-order valence-corrected chi connectivity index (χ4v) is 3.19. The number of urea groups is 1. The number of aryl methyl sites for hydroxylation is 1. The summed E-state index contributed by atoms with van der Waals surface area (Å²) in [6.45, 7) is 1.97. The normalized spacial score (nSPS) is 11.3. The molecule has 2 aromatic carbocycles. The summed E-state index contributed by atoms with van der Waals surface area (Å²) in [4.78, 5) is 28.9. The Morgan fingerprint density at radius 2 is 1.77 bits per heavy atom. The van der Waals surface area contributed by atoms with Crippen molar-refractivity contribution in [3.8, 4) is 5.88 Å². The van der Waals surface area contributed by atoms with Crippen molar-refractivity contribution in [1.82, 2.24) is 21.2 Å². The zero-order valence-electron chi connectivity index (χ0n) is 17.2. The van der Waals surface area contributed by atoms with Crippen LogP contribution in [0, 0.1) is 6.92 Å². The molecular formula is C23H23ClN4O3. The Balaban J connectivity index is 1.67. The Kier molecular flexibility index (Phi) is 7.45. The van der Waals surface area contributed by atoms with Gasteiger partial charge < -0.3 is 10.1 Å². The summed E-state index contributed by atoms with van der Waals surface area (Å²) in [5, 5.41) is 3.49. The van der Waals surface area contributed by atoms with E-state index < -0.39 is 12.1 Å². The minimum absolute atomic E-state index is 0.112. The van der Waals surface area contributed by atoms with Gasteiger partial charge in [-0.15, -0.1) is 0 Å². The Hall–Kier alpha value is -3.58. The molecule has 1 aromatic heterocycles. The number of pyridine rings is 1. The number of carbonyl (C=O) groups excluding carboxylic acids is 2. The smallest absolute Gasteiger partial charge is 0.334 e. The van der Waals surface area contributed by atoms with Crippen molar-refractivity contribution < 1.29 is 14.3 Å². The lowest BCUT2D eigenvalue weighted by atomic mass is 9.96. The number of hydrogen-bond donors (Lipinski definition) is 3. The van der Waals surface area contributed by atoms with Gasteiger partial charge in [0, 0.05) is 17.3 Å². The Morgan fingerprint density at radius 3 is 2.42 bits per heavy atom. The van der Waals surface area contributed by atoms with E-state index >= 15 is 0 Å². The number of ether oxygens (including phenoxy) is 1. The minimum atomic E-state index is -0.548. The number of aromatic nitrogens is 1. The maximum Gasteiger partial charge on any atom is 0.334 e. The standard InChI is InChI=1S/C23H23ClN4O3/c1-15-5-3-4-6-19(15)22(17-9-12-21(31-2)25-14-17)26-23(30)28-27-20(29)13-16-7-10-18(24)11-8-16/h3-12,14,22H,13H2,1-2H3,(H,27,29)(H2,26,28,30). The second-order valence-corrected chi connectivity index (χ2v) is 7.31. The number of rotatable bonds is 6. The lowest BCUT2D eigenvalue weighted by molar-refractivity contribution is -0.121. The number of methoxy groups -OCH3 is 1. The molecule has 3 rings (SSSR count). The van der Waals surface area contributed by atoms with Crippen LogP contribution in [-0.4, -0.2) is 24.0 Å². The zero-order valence-corrected chi connectivity index (χ0v) is 17.9. The predicted octanol–water partition coefficient (Wildman–Crippen LogP) is 3.71. The highest BCUT2D eigenvalue weighted by Gasteiger charge is 2.19. The first-order valence-electron chi connectivity index (χ1n) is 9.61. The number of carbonyl (C=O) groups is 2. The molecule has 0 aliphatic heterocycles. The molecule has 8 heteroatoms. The van der Waals surface area contributed by atoms with E-state index in [1.54, 1.807) is 43.6 Å². The number of hydrazine groups is 1. The summed E-state index contributed by atoms with van der Waals surface area (Å²) in [6.07, 6.45) is 1.76. The fourth-order valence-electron chi connectivity index (χ4n) is 3.06. The lowest BCUT2D eigenvalue weighted by Gasteiger charge is -2.22. The second-order valence-electron chi connectivity index (χ2n) is 6.87. The lowest BCUT2D eigenvalue weighted by Crippen LogP contribution is -2.48.